The van der Waals surface area contributed by atoms with E-state index in [-0.39, 0.29) is 17.9 Å². The SMILES string of the molecule is O=C(NCCCn1ccnc1)N[C@H]1COc2cc(F)cc(F)c21. The van der Waals surface area contributed by atoms with Gasteiger partial charge in [0.05, 0.1) is 17.9 Å². The molecular formula is C15H16F2N4O2. The number of benzene rings is 1. The van der Waals surface area contributed by atoms with Gasteiger partial charge in [-0.25, -0.2) is 18.6 Å². The highest BCUT2D eigenvalue weighted by atomic mass is 19.1. The standard InChI is InChI=1S/C15H16F2N4O2/c16-10-6-11(17)14-12(8-23-13(14)7-10)20-15(22)19-2-1-4-21-5-3-18-9-21/h3,5-7,9,12H,1-2,4,8H2,(H2,19,20,22)/t12-/m0/s1. The predicted molar refractivity (Wildman–Crippen MR) is 78.0 cm³/mol. The van der Waals surface area contributed by atoms with Crippen LogP contribution in [-0.4, -0.2) is 28.7 Å². The molecule has 0 bridgehead atoms. The van der Waals surface area contributed by atoms with Crippen molar-refractivity contribution in [1.29, 1.82) is 0 Å². The second kappa shape index (κ2) is 6.64. The molecule has 23 heavy (non-hydrogen) atoms. The summed E-state index contributed by atoms with van der Waals surface area (Å²) < 4.78 is 34.0. The van der Waals surface area contributed by atoms with E-state index < -0.39 is 23.7 Å². The molecule has 6 nitrogen and oxygen atoms in total. The average molecular weight is 322 g/mol. The van der Waals surface area contributed by atoms with Crippen LogP contribution in [0.5, 0.6) is 5.75 Å². The normalized spacial score (nSPS) is 15.8. The van der Waals surface area contributed by atoms with Gasteiger partial charge in [-0.3, -0.25) is 0 Å². The summed E-state index contributed by atoms with van der Waals surface area (Å²) in [5, 5.41) is 5.33. The Hall–Kier alpha value is -2.64. The first kappa shape index (κ1) is 15.3. The zero-order valence-electron chi connectivity index (χ0n) is 12.3. The number of carbonyl (C=O) groups excluding carboxylic acids is 1. The van der Waals surface area contributed by atoms with Crippen LogP contribution in [0.25, 0.3) is 0 Å². The molecule has 0 radical (unpaired) electrons. The van der Waals surface area contributed by atoms with Gasteiger partial charge in [-0.1, -0.05) is 0 Å². The maximum Gasteiger partial charge on any atom is 0.315 e. The van der Waals surface area contributed by atoms with Crippen LogP contribution < -0.4 is 15.4 Å². The van der Waals surface area contributed by atoms with Crippen LogP contribution >= 0.6 is 0 Å². The smallest absolute Gasteiger partial charge is 0.315 e. The molecular weight excluding hydrogens is 306 g/mol. The molecule has 2 aromatic rings. The van der Waals surface area contributed by atoms with Gasteiger partial charge in [-0.15, -0.1) is 0 Å². The van der Waals surface area contributed by atoms with Crippen molar-refractivity contribution in [3.8, 4) is 5.75 Å². The first-order chi connectivity index (χ1) is 11.1. The lowest BCUT2D eigenvalue weighted by molar-refractivity contribution is 0.231. The van der Waals surface area contributed by atoms with E-state index in [1.807, 2.05) is 10.8 Å². The quantitative estimate of drug-likeness (QED) is 0.827. The second-order valence-corrected chi connectivity index (χ2v) is 5.22. The summed E-state index contributed by atoms with van der Waals surface area (Å²) in [4.78, 5) is 15.8. The summed E-state index contributed by atoms with van der Waals surface area (Å²) in [5.41, 5.74) is 0.181. The number of urea groups is 1. The molecule has 2 amide bonds. The molecule has 0 fully saturated rings. The molecule has 3 rings (SSSR count). The van der Waals surface area contributed by atoms with Crippen LogP contribution in [0.3, 0.4) is 0 Å². The predicted octanol–water partition coefficient (Wildman–Crippen LogP) is 1.98. The molecule has 1 aromatic heterocycles. The minimum atomic E-state index is -0.720. The summed E-state index contributed by atoms with van der Waals surface area (Å²) in [6, 6.07) is 0.856. The third kappa shape index (κ3) is 3.58. The van der Waals surface area contributed by atoms with Crippen molar-refractivity contribution in [2.45, 2.75) is 19.0 Å². The number of amides is 2. The van der Waals surface area contributed by atoms with E-state index in [2.05, 4.69) is 15.6 Å². The van der Waals surface area contributed by atoms with Gasteiger partial charge in [-0.05, 0) is 6.42 Å². The Balaban J connectivity index is 1.48. The minimum Gasteiger partial charge on any atom is -0.490 e. The molecule has 1 aromatic carbocycles. The summed E-state index contributed by atoms with van der Waals surface area (Å²) in [6.45, 7) is 1.29. The number of aromatic nitrogens is 2. The molecule has 2 heterocycles. The van der Waals surface area contributed by atoms with E-state index in [1.54, 1.807) is 12.5 Å². The molecule has 1 aliphatic heterocycles. The largest absolute Gasteiger partial charge is 0.490 e. The van der Waals surface area contributed by atoms with E-state index in [0.717, 1.165) is 25.1 Å². The number of hydrogen-bond donors (Lipinski definition) is 2. The van der Waals surface area contributed by atoms with E-state index in [9.17, 15) is 13.6 Å². The van der Waals surface area contributed by atoms with Crippen LogP contribution in [0.4, 0.5) is 13.6 Å². The van der Waals surface area contributed by atoms with E-state index >= 15 is 0 Å². The molecule has 1 aliphatic rings. The van der Waals surface area contributed by atoms with Crippen LogP contribution in [0.2, 0.25) is 0 Å². The number of ether oxygens (including phenoxy) is 1. The Morgan fingerprint density at radius 1 is 1.43 bits per heavy atom. The number of hydrogen-bond acceptors (Lipinski definition) is 3. The molecule has 0 unspecified atom stereocenters. The van der Waals surface area contributed by atoms with E-state index in [0.29, 0.717) is 6.54 Å². The fourth-order valence-corrected chi connectivity index (χ4v) is 2.48. The number of halogens is 2. The van der Waals surface area contributed by atoms with Gasteiger partial charge in [0, 0.05) is 37.6 Å². The summed E-state index contributed by atoms with van der Waals surface area (Å²) in [5.74, 6) is -1.29. The maximum absolute atomic E-state index is 13.8. The van der Waals surface area contributed by atoms with Crippen molar-refractivity contribution in [2.75, 3.05) is 13.2 Å². The lowest BCUT2D eigenvalue weighted by Gasteiger charge is -2.13. The van der Waals surface area contributed by atoms with Gasteiger partial charge >= 0.3 is 6.03 Å². The molecule has 0 spiro atoms. The zero-order chi connectivity index (χ0) is 16.2. The second-order valence-electron chi connectivity index (χ2n) is 5.22. The lowest BCUT2D eigenvalue weighted by atomic mass is 10.1. The molecule has 0 saturated heterocycles. The highest BCUT2D eigenvalue weighted by Crippen LogP contribution is 2.35. The zero-order valence-corrected chi connectivity index (χ0v) is 12.3. The Labute approximate surface area is 131 Å². The summed E-state index contributed by atoms with van der Waals surface area (Å²) >= 11 is 0. The molecule has 0 aliphatic carbocycles. The molecule has 0 saturated carbocycles. The molecule has 8 heteroatoms. The van der Waals surface area contributed by atoms with Crippen LogP contribution in [0.15, 0.2) is 30.9 Å². The van der Waals surface area contributed by atoms with Crippen molar-refractivity contribution in [1.82, 2.24) is 20.2 Å². The number of fused-ring (bicyclic) bond motifs is 1. The first-order valence-corrected chi connectivity index (χ1v) is 7.25. The highest BCUT2D eigenvalue weighted by molar-refractivity contribution is 5.74. The highest BCUT2D eigenvalue weighted by Gasteiger charge is 2.29. The van der Waals surface area contributed by atoms with Gasteiger partial charge < -0.3 is 19.9 Å². The average Bonchev–Trinajstić information content (AvgIpc) is 3.13. The van der Waals surface area contributed by atoms with Crippen molar-refractivity contribution >= 4 is 6.03 Å². The van der Waals surface area contributed by atoms with Gasteiger partial charge in [0.2, 0.25) is 0 Å². The molecule has 2 N–H and O–H groups in total. The van der Waals surface area contributed by atoms with Gasteiger partial charge in [0.25, 0.3) is 0 Å². The molecule has 122 valence electrons. The van der Waals surface area contributed by atoms with Gasteiger partial charge in [0.15, 0.2) is 0 Å². The van der Waals surface area contributed by atoms with Crippen LogP contribution in [0, 0.1) is 11.6 Å². The number of imidazole rings is 1. The van der Waals surface area contributed by atoms with Gasteiger partial charge in [-0.2, -0.15) is 0 Å². The number of nitrogens with zero attached hydrogens (tertiary/aromatic N) is 2. The van der Waals surface area contributed by atoms with Crippen LogP contribution in [-0.2, 0) is 6.54 Å². The van der Waals surface area contributed by atoms with Gasteiger partial charge in [0.1, 0.15) is 24.0 Å². The Bertz CT molecular complexity index is 691. The Morgan fingerprint density at radius 3 is 3.09 bits per heavy atom. The molecule has 1 atom stereocenters. The maximum atomic E-state index is 13.8. The van der Waals surface area contributed by atoms with E-state index in [4.69, 9.17) is 4.74 Å². The number of rotatable bonds is 5. The van der Waals surface area contributed by atoms with Crippen molar-refractivity contribution in [2.24, 2.45) is 0 Å². The number of carbonyl (C=O) groups is 1. The third-order valence-corrected chi connectivity index (χ3v) is 3.55. The first-order valence-electron chi connectivity index (χ1n) is 7.25. The number of aryl methyl sites for hydroxylation is 1. The fourth-order valence-electron chi connectivity index (χ4n) is 2.48. The van der Waals surface area contributed by atoms with Crippen molar-refractivity contribution in [3.05, 3.63) is 48.1 Å². The lowest BCUT2D eigenvalue weighted by Crippen LogP contribution is -2.39. The fraction of sp³-hybridized carbons (Fsp3) is 0.333. The van der Waals surface area contributed by atoms with Crippen molar-refractivity contribution < 1.29 is 18.3 Å². The van der Waals surface area contributed by atoms with Crippen LogP contribution in [0.1, 0.15) is 18.0 Å². The summed E-state index contributed by atoms with van der Waals surface area (Å²) in [7, 11) is 0. The minimum absolute atomic E-state index is 0.0815. The Kier molecular flexibility index (Phi) is 4.40. The third-order valence-electron chi connectivity index (χ3n) is 3.55. The Morgan fingerprint density at radius 2 is 2.30 bits per heavy atom. The van der Waals surface area contributed by atoms with E-state index in [1.165, 1.54) is 0 Å². The summed E-state index contributed by atoms with van der Waals surface area (Å²) in [6.07, 6.45) is 5.97. The monoisotopic (exact) mass is 322 g/mol. The number of nitrogens with one attached hydrogen (secondary N) is 2. The topological polar surface area (TPSA) is 68.2 Å². The van der Waals surface area contributed by atoms with Crippen molar-refractivity contribution in [3.63, 3.8) is 0 Å².